The number of thiazole rings is 1. The predicted molar refractivity (Wildman–Crippen MR) is 116 cm³/mol. The van der Waals surface area contributed by atoms with Crippen molar-refractivity contribution in [2.24, 2.45) is 0 Å². The number of esters is 2. The molecule has 30 heavy (non-hydrogen) atoms. The molecule has 2 aromatic carbocycles. The van der Waals surface area contributed by atoms with E-state index in [-0.39, 0.29) is 22.8 Å². The lowest BCUT2D eigenvalue weighted by atomic mass is 10.1. The number of methoxy groups -OCH3 is 2. The normalized spacial score (nSPS) is 10.3. The van der Waals surface area contributed by atoms with Crippen LogP contribution in [-0.4, -0.2) is 42.8 Å². The van der Waals surface area contributed by atoms with E-state index in [2.05, 4.69) is 10.3 Å². The van der Waals surface area contributed by atoms with Crippen molar-refractivity contribution in [3.63, 3.8) is 0 Å². The van der Waals surface area contributed by atoms with Crippen LogP contribution in [-0.2, 0) is 14.3 Å². The summed E-state index contributed by atoms with van der Waals surface area (Å²) in [5.74, 6) is -1.42. The van der Waals surface area contributed by atoms with Crippen LogP contribution in [0.5, 0.6) is 0 Å². The standard InChI is InChI=1S/C21H18N2O5S2/c1-27-19(25)14-8-15(20(26)28-2)10-16(9-14)22-18(24)12-30-21-23-17(11-29-21)13-6-4-3-5-7-13/h3-11H,12H2,1-2H3,(H,22,24). The summed E-state index contributed by atoms with van der Waals surface area (Å²) >= 11 is 2.77. The average Bonchev–Trinajstić information content (AvgIpc) is 3.26. The minimum absolute atomic E-state index is 0.123. The zero-order valence-corrected chi connectivity index (χ0v) is 17.8. The minimum Gasteiger partial charge on any atom is -0.465 e. The number of hydrogen-bond donors (Lipinski definition) is 1. The lowest BCUT2D eigenvalue weighted by Gasteiger charge is -2.09. The van der Waals surface area contributed by atoms with Gasteiger partial charge in [0.1, 0.15) is 0 Å². The van der Waals surface area contributed by atoms with Crippen molar-refractivity contribution in [1.82, 2.24) is 4.98 Å². The van der Waals surface area contributed by atoms with Gasteiger partial charge in [0, 0.05) is 16.6 Å². The molecule has 154 valence electrons. The molecule has 0 saturated carbocycles. The van der Waals surface area contributed by atoms with Crippen molar-refractivity contribution >= 4 is 46.6 Å². The zero-order chi connectivity index (χ0) is 21.5. The van der Waals surface area contributed by atoms with Crippen LogP contribution in [0.2, 0.25) is 0 Å². The highest BCUT2D eigenvalue weighted by atomic mass is 32.2. The third kappa shape index (κ3) is 5.46. The molecule has 7 nitrogen and oxygen atoms in total. The number of nitrogens with one attached hydrogen (secondary N) is 1. The van der Waals surface area contributed by atoms with Crippen molar-refractivity contribution < 1.29 is 23.9 Å². The number of ether oxygens (including phenoxy) is 2. The second-order valence-electron chi connectivity index (χ2n) is 5.98. The molecular weight excluding hydrogens is 424 g/mol. The molecule has 1 aromatic heterocycles. The van der Waals surface area contributed by atoms with Gasteiger partial charge in [-0.3, -0.25) is 4.79 Å². The number of hydrogen-bond acceptors (Lipinski definition) is 8. The van der Waals surface area contributed by atoms with Crippen molar-refractivity contribution in [1.29, 1.82) is 0 Å². The number of amides is 1. The summed E-state index contributed by atoms with van der Waals surface area (Å²) in [5, 5.41) is 4.63. The zero-order valence-electron chi connectivity index (χ0n) is 16.2. The van der Waals surface area contributed by atoms with Crippen LogP contribution < -0.4 is 5.32 Å². The maximum atomic E-state index is 12.4. The summed E-state index contributed by atoms with van der Waals surface area (Å²) in [4.78, 5) is 40.6. The molecule has 1 amide bonds. The van der Waals surface area contributed by atoms with Crippen LogP contribution in [0.3, 0.4) is 0 Å². The first-order valence-corrected chi connectivity index (χ1v) is 10.6. The van der Waals surface area contributed by atoms with E-state index in [4.69, 9.17) is 9.47 Å². The molecule has 1 heterocycles. The van der Waals surface area contributed by atoms with E-state index >= 15 is 0 Å². The molecule has 0 unspecified atom stereocenters. The molecule has 0 fully saturated rings. The van der Waals surface area contributed by atoms with E-state index in [1.54, 1.807) is 0 Å². The summed E-state index contributed by atoms with van der Waals surface area (Å²) < 4.78 is 10.2. The van der Waals surface area contributed by atoms with Crippen LogP contribution >= 0.6 is 23.1 Å². The highest BCUT2D eigenvalue weighted by Gasteiger charge is 2.15. The Bertz CT molecular complexity index is 1030. The van der Waals surface area contributed by atoms with Crippen LogP contribution in [0.1, 0.15) is 20.7 Å². The van der Waals surface area contributed by atoms with Gasteiger partial charge in [-0.05, 0) is 18.2 Å². The molecule has 9 heteroatoms. The van der Waals surface area contributed by atoms with Gasteiger partial charge in [0.15, 0.2) is 4.34 Å². The fourth-order valence-corrected chi connectivity index (χ4v) is 4.20. The summed E-state index contributed by atoms with van der Waals surface area (Å²) in [5.41, 5.74) is 2.44. The van der Waals surface area contributed by atoms with Crippen LogP contribution in [0.15, 0.2) is 58.3 Å². The third-order valence-electron chi connectivity index (χ3n) is 3.94. The van der Waals surface area contributed by atoms with Crippen molar-refractivity contribution in [2.45, 2.75) is 4.34 Å². The number of benzene rings is 2. The maximum absolute atomic E-state index is 12.4. The Hall–Kier alpha value is -3.17. The van der Waals surface area contributed by atoms with Gasteiger partial charge in [0.2, 0.25) is 5.91 Å². The molecule has 0 spiro atoms. The molecular formula is C21H18N2O5S2. The summed E-state index contributed by atoms with van der Waals surface area (Å²) in [6.45, 7) is 0. The highest BCUT2D eigenvalue weighted by Crippen LogP contribution is 2.28. The molecule has 0 aliphatic heterocycles. The second kappa shape index (κ2) is 10.0. The highest BCUT2D eigenvalue weighted by molar-refractivity contribution is 8.01. The van der Waals surface area contributed by atoms with Gasteiger partial charge in [0.25, 0.3) is 0 Å². The Balaban J connectivity index is 1.66. The van der Waals surface area contributed by atoms with E-state index in [0.29, 0.717) is 5.69 Å². The fraction of sp³-hybridized carbons (Fsp3) is 0.143. The van der Waals surface area contributed by atoms with Gasteiger partial charge in [0.05, 0.1) is 36.8 Å². The monoisotopic (exact) mass is 442 g/mol. The van der Waals surface area contributed by atoms with Gasteiger partial charge in [-0.1, -0.05) is 42.1 Å². The molecule has 1 N–H and O–H groups in total. The first-order valence-electron chi connectivity index (χ1n) is 8.75. The summed E-state index contributed by atoms with van der Waals surface area (Å²) in [7, 11) is 2.47. The Kier molecular flexibility index (Phi) is 7.21. The molecule has 0 radical (unpaired) electrons. The first kappa shape index (κ1) is 21.5. The smallest absolute Gasteiger partial charge is 0.337 e. The number of thioether (sulfide) groups is 1. The molecule has 0 atom stereocenters. The topological polar surface area (TPSA) is 94.6 Å². The molecule has 0 bridgehead atoms. The largest absolute Gasteiger partial charge is 0.465 e. The van der Waals surface area contributed by atoms with E-state index in [0.717, 1.165) is 15.6 Å². The molecule has 0 aliphatic rings. The molecule has 3 aromatic rings. The lowest BCUT2D eigenvalue weighted by molar-refractivity contribution is -0.113. The van der Waals surface area contributed by atoms with Gasteiger partial charge in [-0.2, -0.15) is 0 Å². The van der Waals surface area contributed by atoms with E-state index in [9.17, 15) is 14.4 Å². The predicted octanol–water partition coefficient (Wildman–Crippen LogP) is 4.11. The van der Waals surface area contributed by atoms with Crippen molar-refractivity contribution in [2.75, 3.05) is 25.3 Å². The second-order valence-corrected chi connectivity index (χ2v) is 8.06. The summed E-state index contributed by atoms with van der Waals surface area (Å²) in [6, 6.07) is 14.0. The number of rotatable bonds is 7. The van der Waals surface area contributed by atoms with Crippen molar-refractivity contribution in [3.05, 3.63) is 65.0 Å². The first-order chi connectivity index (χ1) is 14.5. The van der Waals surface area contributed by atoms with Crippen LogP contribution in [0.4, 0.5) is 5.69 Å². The number of carbonyl (C=O) groups excluding carboxylic acids is 3. The van der Waals surface area contributed by atoms with Crippen molar-refractivity contribution in [3.8, 4) is 11.3 Å². The Morgan fingerprint density at radius 1 is 1.00 bits per heavy atom. The number of aromatic nitrogens is 1. The van der Waals surface area contributed by atoms with Crippen LogP contribution in [0, 0.1) is 0 Å². The minimum atomic E-state index is -0.623. The SMILES string of the molecule is COC(=O)c1cc(NC(=O)CSc2nc(-c3ccccc3)cs2)cc(C(=O)OC)c1. The Labute approximate surface area is 181 Å². The lowest BCUT2D eigenvalue weighted by Crippen LogP contribution is -2.16. The van der Waals surface area contributed by atoms with Gasteiger partial charge in [-0.15, -0.1) is 11.3 Å². The maximum Gasteiger partial charge on any atom is 0.337 e. The van der Waals surface area contributed by atoms with Gasteiger partial charge in [-0.25, -0.2) is 14.6 Å². The molecule has 3 rings (SSSR count). The van der Waals surface area contributed by atoms with Gasteiger partial charge >= 0.3 is 11.9 Å². The third-order valence-corrected chi connectivity index (χ3v) is 5.96. The summed E-state index contributed by atoms with van der Waals surface area (Å²) in [6.07, 6.45) is 0. The molecule has 0 aliphatic carbocycles. The Morgan fingerprint density at radius 2 is 1.63 bits per heavy atom. The fourth-order valence-electron chi connectivity index (χ4n) is 2.56. The molecule has 0 saturated heterocycles. The van der Waals surface area contributed by atoms with Gasteiger partial charge < -0.3 is 14.8 Å². The van der Waals surface area contributed by atoms with E-state index in [1.807, 2.05) is 35.7 Å². The van der Waals surface area contributed by atoms with E-state index < -0.39 is 11.9 Å². The Morgan fingerprint density at radius 3 is 2.23 bits per heavy atom. The number of anilines is 1. The quantitative estimate of drug-likeness (QED) is 0.434. The van der Waals surface area contributed by atoms with Crippen LogP contribution in [0.25, 0.3) is 11.3 Å². The average molecular weight is 443 g/mol. The van der Waals surface area contributed by atoms with E-state index in [1.165, 1.54) is 55.5 Å². The number of nitrogens with zero attached hydrogens (tertiary/aromatic N) is 1. The number of carbonyl (C=O) groups is 3.